The van der Waals surface area contributed by atoms with Gasteiger partial charge in [-0.15, -0.1) is 22.7 Å². The van der Waals surface area contributed by atoms with Crippen molar-refractivity contribution in [3.05, 3.63) is 145 Å². The fraction of sp³-hybridized carbons (Fsp3) is 0.0769. The van der Waals surface area contributed by atoms with Crippen molar-refractivity contribution in [2.45, 2.75) is 18.3 Å². The van der Waals surface area contributed by atoms with Crippen molar-refractivity contribution in [3.63, 3.8) is 0 Å². The second-order valence-corrected chi connectivity index (χ2v) is 14.9. The highest BCUT2D eigenvalue weighted by atomic mass is 35.5. The van der Waals surface area contributed by atoms with Crippen LogP contribution >= 0.6 is 45.9 Å². The second-order valence-electron chi connectivity index (χ2n) is 12.0. The number of aromatic hydroxyl groups is 1. The van der Waals surface area contributed by atoms with Gasteiger partial charge in [0, 0.05) is 49.3 Å². The molecule has 3 N–H and O–H groups in total. The van der Waals surface area contributed by atoms with Gasteiger partial charge in [-0.3, -0.25) is 19.2 Å². The molecule has 6 aromatic rings. The molecule has 8 rings (SSSR count). The summed E-state index contributed by atoms with van der Waals surface area (Å²) in [6.07, 6.45) is 0. The number of fused-ring (bicyclic) bond motifs is 2. The molecule has 53 heavy (non-hydrogen) atoms. The number of benzene rings is 4. The smallest absolute Gasteiger partial charge is 0.275 e. The first kappa shape index (κ1) is 36.1. The molecular weight excluding hydrogens is 768 g/mol. The van der Waals surface area contributed by atoms with E-state index in [2.05, 4.69) is 10.6 Å². The van der Waals surface area contributed by atoms with Crippen molar-refractivity contribution >= 4 is 79.3 Å². The van der Waals surface area contributed by atoms with E-state index >= 15 is 8.78 Å². The molecule has 266 valence electrons. The van der Waals surface area contributed by atoms with E-state index in [0.29, 0.717) is 16.1 Å². The maximum absolute atomic E-state index is 15.7. The van der Waals surface area contributed by atoms with Gasteiger partial charge >= 0.3 is 0 Å². The zero-order valence-corrected chi connectivity index (χ0v) is 30.2. The van der Waals surface area contributed by atoms with Crippen molar-refractivity contribution in [1.82, 2.24) is 0 Å². The van der Waals surface area contributed by atoms with Gasteiger partial charge in [-0.25, -0.2) is 13.2 Å². The Labute approximate surface area is 317 Å². The van der Waals surface area contributed by atoms with Crippen molar-refractivity contribution < 1.29 is 37.5 Å². The highest BCUT2D eigenvalue weighted by molar-refractivity contribution is 7.21. The number of ketones is 2. The monoisotopic (exact) mass is 790 g/mol. The van der Waals surface area contributed by atoms with E-state index in [-0.39, 0.29) is 59.0 Å². The van der Waals surface area contributed by atoms with Gasteiger partial charge in [-0.05, 0) is 25.1 Å². The number of thiophene rings is 2. The van der Waals surface area contributed by atoms with Crippen LogP contribution < -0.4 is 10.6 Å². The number of anilines is 2. The number of carbonyl (C=O) groups excluding carboxylic acids is 4. The fourth-order valence-electron chi connectivity index (χ4n) is 6.17. The molecule has 2 aliphatic rings. The molecule has 4 aromatic carbocycles. The molecular formula is C39H23Cl2F3N2O5S2. The number of amides is 2. The third-order valence-corrected chi connectivity index (χ3v) is 11.5. The number of hydrogen-bond acceptors (Lipinski definition) is 7. The van der Waals surface area contributed by atoms with Crippen LogP contribution in [-0.2, 0) is 20.9 Å². The molecule has 0 saturated carbocycles. The molecule has 2 unspecified atom stereocenters. The molecule has 2 atom stereocenters. The Morgan fingerprint density at radius 1 is 0.642 bits per heavy atom. The van der Waals surface area contributed by atoms with E-state index in [1.54, 1.807) is 48.5 Å². The molecule has 7 nitrogen and oxygen atoms in total. The number of rotatable bonds is 4. The van der Waals surface area contributed by atoms with E-state index in [9.17, 15) is 28.7 Å². The first-order valence-corrected chi connectivity index (χ1v) is 18.1. The predicted octanol–water partition coefficient (Wildman–Crippen LogP) is 10.3. The lowest BCUT2D eigenvalue weighted by atomic mass is 9.83. The lowest BCUT2D eigenvalue weighted by Crippen LogP contribution is -2.47. The van der Waals surface area contributed by atoms with Gasteiger partial charge in [-0.2, -0.15) is 0 Å². The van der Waals surface area contributed by atoms with Crippen LogP contribution in [0.4, 0.5) is 23.2 Å². The molecule has 0 saturated heterocycles. The van der Waals surface area contributed by atoms with Crippen LogP contribution in [0.1, 0.15) is 37.4 Å². The Balaban J connectivity index is 0.000000164. The number of halogens is 5. The predicted molar refractivity (Wildman–Crippen MR) is 200 cm³/mol. The van der Waals surface area contributed by atoms with E-state index in [1.807, 2.05) is 0 Å². The summed E-state index contributed by atoms with van der Waals surface area (Å²) in [5.41, 5.74) is -4.48. The number of phenolic OH excluding ortho intramolecular Hbond substituents is 1. The van der Waals surface area contributed by atoms with Crippen molar-refractivity contribution in [1.29, 1.82) is 0 Å². The lowest BCUT2D eigenvalue weighted by molar-refractivity contribution is -0.126. The van der Waals surface area contributed by atoms with Crippen molar-refractivity contribution in [2.75, 3.05) is 10.6 Å². The quantitative estimate of drug-likeness (QED) is 0.154. The van der Waals surface area contributed by atoms with Crippen LogP contribution in [0.5, 0.6) is 5.75 Å². The summed E-state index contributed by atoms with van der Waals surface area (Å²) >= 11 is 14.6. The van der Waals surface area contributed by atoms with Crippen LogP contribution in [0.3, 0.4) is 0 Å². The summed E-state index contributed by atoms with van der Waals surface area (Å²) in [6, 6.07) is 24.4. The summed E-state index contributed by atoms with van der Waals surface area (Å²) in [5.74, 6) is -4.96. The molecule has 2 amide bonds. The zero-order chi connectivity index (χ0) is 37.8. The zero-order valence-electron chi connectivity index (χ0n) is 27.1. The summed E-state index contributed by atoms with van der Waals surface area (Å²) in [4.78, 5) is 51.1. The molecule has 2 aromatic heterocycles. The number of Topliss-reactive ketones (excluding diaryl/α,β-unsaturated/α-hetero) is 2. The second kappa shape index (κ2) is 13.6. The van der Waals surface area contributed by atoms with Gasteiger partial charge in [0.05, 0.1) is 11.1 Å². The summed E-state index contributed by atoms with van der Waals surface area (Å²) in [7, 11) is 0. The summed E-state index contributed by atoms with van der Waals surface area (Å²) in [5, 5.41) is 17.6. The largest absolute Gasteiger partial charge is 0.507 e. The maximum atomic E-state index is 15.7. The fourth-order valence-corrected chi connectivity index (χ4v) is 8.71. The van der Waals surface area contributed by atoms with Gasteiger partial charge < -0.3 is 15.7 Å². The minimum Gasteiger partial charge on any atom is -0.507 e. The normalized spacial score (nSPS) is 19.1. The number of phenols is 1. The summed E-state index contributed by atoms with van der Waals surface area (Å²) < 4.78 is 45.4. The SMILES string of the molecule is Cc1c(F)ccc(-c2csc3c2C(=O)C(F)(c2ccccc2)C(=O)N3)c1O.O=C1Nc2sc(Cl)c(-c3ccccc3Cl)c2C(=O)C1(F)c1ccccc1. The molecule has 0 spiro atoms. The lowest BCUT2D eigenvalue weighted by Gasteiger charge is -2.28. The van der Waals surface area contributed by atoms with Gasteiger partial charge in [0.15, 0.2) is 0 Å². The van der Waals surface area contributed by atoms with Crippen LogP contribution in [0.15, 0.2) is 102 Å². The first-order valence-electron chi connectivity index (χ1n) is 15.7. The summed E-state index contributed by atoms with van der Waals surface area (Å²) in [6.45, 7) is 1.40. The Morgan fingerprint density at radius 2 is 1.17 bits per heavy atom. The molecule has 4 heterocycles. The Kier molecular flexibility index (Phi) is 9.27. The molecule has 0 fully saturated rings. The minimum atomic E-state index is -2.88. The van der Waals surface area contributed by atoms with Crippen molar-refractivity contribution in [2.24, 2.45) is 0 Å². The number of hydrogen-bond donors (Lipinski definition) is 3. The molecule has 0 radical (unpaired) electrons. The Morgan fingerprint density at radius 3 is 1.75 bits per heavy atom. The van der Waals surface area contributed by atoms with Crippen LogP contribution in [0, 0.1) is 12.7 Å². The van der Waals surface area contributed by atoms with E-state index < -0.39 is 40.5 Å². The van der Waals surface area contributed by atoms with Crippen LogP contribution in [-0.4, -0.2) is 28.5 Å². The molecule has 0 bridgehead atoms. The third-order valence-electron chi connectivity index (χ3n) is 8.96. The Bertz CT molecular complexity index is 2490. The topological polar surface area (TPSA) is 113 Å². The van der Waals surface area contributed by atoms with Crippen LogP contribution in [0.2, 0.25) is 9.36 Å². The van der Waals surface area contributed by atoms with Gasteiger partial charge in [0.1, 0.15) is 25.9 Å². The van der Waals surface area contributed by atoms with Gasteiger partial charge in [0.2, 0.25) is 11.6 Å². The van der Waals surface area contributed by atoms with E-state index in [1.165, 1.54) is 60.8 Å². The Hall–Kier alpha value is -5.27. The number of nitrogens with one attached hydrogen (secondary N) is 2. The van der Waals surface area contributed by atoms with Gasteiger partial charge in [-0.1, -0.05) is 102 Å². The van der Waals surface area contributed by atoms with Crippen molar-refractivity contribution in [3.8, 4) is 28.0 Å². The first-order chi connectivity index (χ1) is 25.3. The number of carbonyl (C=O) groups is 4. The molecule has 2 aliphatic heterocycles. The highest BCUT2D eigenvalue weighted by Gasteiger charge is 2.55. The standard InChI is InChI=1S/C20H13F2NO3S.C19H10Cl2FNO2S/c1-10-14(21)8-7-12(16(10)24)13-9-27-18-15(13)17(25)20(22,19(26)23-18)11-5-3-2-4-6-11;20-12-9-5-4-8-11(12)13-14-15(24)19(22,10-6-2-1-3-7-10)18(25)23-17(14)26-16(13)21/h2-9,24H,1H3,(H,23,26);1-9H,(H,23,25). The molecule has 14 heteroatoms. The third kappa shape index (κ3) is 5.73. The highest BCUT2D eigenvalue weighted by Crippen LogP contribution is 2.51. The average Bonchev–Trinajstić information content (AvgIpc) is 3.73. The average molecular weight is 792 g/mol. The van der Waals surface area contributed by atoms with Crippen LogP contribution in [0.25, 0.3) is 22.3 Å². The maximum Gasteiger partial charge on any atom is 0.275 e. The van der Waals surface area contributed by atoms with E-state index in [4.69, 9.17) is 23.2 Å². The van der Waals surface area contributed by atoms with Gasteiger partial charge in [0.25, 0.3) is 23.2 Å². The minimum absolute atomic E-state index is 0.0225. The number of alkyl halides is 2. The molecule has 0 aliphatic carbocycles. The van der Waals surface area contributed by atoms with E-state index in [0.717, 1.165) is 22.7 Å².